The van der Waals surface area contributed by atoms with Gasteiger partial charge in [-0.1, -0.05) is 17.2 Å². The van der Waals surface area contributed by atoms with Crippen molar-refractivity contribution in [2.24, 2.45) is 5.11 Å². The molecule has 0 aliphatic carbocycles. The van der Waals surface area contributed by atoms with Gasteiger partial charge in [0.25, 0.3) is 0 Å². The summed E-state index contributed by atoms with van der Waals surface area (Å²) in [5.41, 5.74) is 9.95. The highest BCUT2D eigenvalue weighted by atomic mass is 32.2. The quantitative estimate of drug-likeness (QED) is 0.330. The largest absolute Gasteiger partial charge is 0.497 e. The SMILES string of the molecule is COc1ccc(CSc2cc(CN=[N+]=[N-])n(S(C)(=O)=O)c2)cc1. The summed E-state index contributed by atoms with van der Waals surface area (Å²) < 4.78 is 29.8. The number of hydrogen-bond acceptors (Lipinski definition) is 5. The van der Waals surface area contributed by atoms with Crippen molar-refractivity contribution in [1.82, 2.24) is 3.97 Å². The second-order valence-corrected chi connectivity index (χ2v) is 7.66. The Hall–Kier alpha value is -2.09. The van der Waals surface area contributed by atoms with Crippen LogP contribution in [0.3, 0.4) is 0 Å². The highest BCUT2D eigenvalue weighted by Crippen LogP contribution is 2.27. The minimum Gasteiger partial charge on any atom is -0.497 e. The maximum atomic E-state index is 11.8. The Labute approximate surface area is 138 Å². The van der Waals surface area contributed by atoms with Gasteiger partial charge in [-0.2, -0.15) is 0 Å². The number of ether oxygens (including phenoxy) is 1. The zero-order valence-corrected chi connectivity index (χ0v) is 14.3. The summed E-state index contributed by atoms with van der Waals surface area (Å²) in [7, 11) is -1.82. The van der Waals surface area contributed by atoms with Gasteiger partial charge in [-0.15, -0.1) is 11.8 Å². The smallest absolute Gasteiger partial charge is 0.235 e. The lowest BCUT2D eigenvalue weighted by Crippen LogP contribution is -2.11. The van der Waals surface area contributed by atoms with Crippen molar-refractivity contribution >= 4 is 21.8 Å². The summed E-state index contributed by atoms with van der Waals surface area (Å²) >= 11 is 1.51. The Bertz CT molecular complexity index is 822. The predicted molar refractivity (Wildman–Crippen MR) is 90.1 cm³/mol. The van der Waals surface area contributed by atoms with E-state index in [0.29, 0.717) is 11.4 Å². The average molecular weight is 352 g/mol. The van der Waals surface area contributed by atoms with Crippen LogP contribution in [0.25, 0.3) is 10.4 Å². The van der Waals surface area contributed by atoms with Gasteiger partial charge in [-0.05, 0) is 29.3 Å². The lowest BCUT2D eigenvalue weighted by Gasteiger charge is -2.03. The number of azide groups is 1. The van der Waals surface area contributed by atoms with E-state index in [1.54, 1.807) is 19.4 Å². The molecule has 0 radical (unpaired) electrons. The van der Waals surface area contributed by atoms with E-state index in [1.165, 1.54) is 11.8 Å². The third-order valence-electron chi connectivity index (χ3n) is 3.05. The van der Waals surface area contributed by atoms with Crippen LogP contribution in [0, 0.1) is 0 Å². The second-order valence-electron chi connectivity index (χ2n) is 4.75. The first-order chi connectivity index (χ1) is 10.9. The second kappa shape index (κ2) is 7.45. The Balaban J connectivity index is 2.16. The molecule has 0 N–H and O–H groups in total. The Morgan fingerprint density at radius 3 is 2.61 bits per heavy atom. The van der Waals surface area contributed by atoms with Crippen LogP contribution in [0.15, 0.2) is 46.5 Å². The summed E-state index contributed by atoms with van der Waals surface area (Å²) in [6, 6.07) is 9.40. The molecule has 0 aliphatic heterocycles. The van der Waals surface area contributed by atoms with E-state index >= 15 is 0 Å². The van der Waals surface area contributed by atoms with E-state index in [9.17, 15) is 8.42 Å². The molecule has 2 aromatic rings. The fourth-order valence-corrected chi connectivity index (χ4v) is 3.79. The number of thioether (sulfide) groups is 1. The maximum absolute atomic E-state index is 11.8. The van der Waals surface area contributed by atoms with Gasteiger partial charge in [0.05, 0.1) is 19.9 Å². The van der Waals surface area contributed by atoms with Gasteiger partial charge in [0.15, 0.2) is 0 Å². The lowest BCUT2D eigenvalue weighted by molar-refractivity contribution is 0.414. The zero-order valence-electron chi connectivity index (χ0n) is 12.7. The minimum absolute atomic E-state index is 0.00728. The minimum atomic E-state index is -3.43. The van der Waals surface area contributed by atoms with E-state index in [4.69, 9.17) is 10.3 Å². The van der Waals surface area contributed by atoms with Gasteiger partial charge in [0, 0.05) is 27.5 Å². The lowest BCUT2D eigenvalue weighted by atomic mass is 10.2. The first kappa shape index (κ1) is 17.3. The van der Waals surface area contributed by atoms with Gasteiger partial charge in [0.2, 0.25) is 10.0 Å². The van der Waals surface area contributed by atoms with Crippen LogP contribution in [0.5, 0.6) is 5.75 Å². The first-order valence-corrected chi connectivity index (χ1v) is 9.46. The van der Waals surface area contributed by atoms with E-state index < -0.39 is 10.0 Å². The maximum Gasteiger partial charge on any atom is 0.235 e. The molecule has 0 aliphatic rings. The fourth-order valence-electron chi connectivity index (χ4n) is 1.96. The molecule has 0 spiro atoms. The van der Waals surface area contributed by atoms with Crippen molar-refractivity contribution in [3.63, 3.8) is 0 Å². The molecule has 1 aromatic carbocycles. The first-order valence-electron chi connectivity index (χ1n) is 6.62. The summed E-state index contributed by atoms with van der Waals surface area (Å²) in [6.07, 6.45) is 2.66. The van der Waals surface area contributed by atoms with E-state index in [1.807, 2.05) is 24.3 Å². The van der Waals surface area contributed by atoms with E-state index in [0.717, 1.165) is 26.4 Å². The molecule has 2 rings (SSSR count). The van der Waals surface area contributed by atoms with E-state index in [2.05, 4.69) is 10.0 Å². The van der Waals surface area contributed by atoms with Crippen LogP contribution in [0.2, 0.25) is 0 Å². The molecule has 7 nitrogen and oxygen atoms in total. The molecule has 0 unspecified atom stereocenters. The highest BCUT2D eigenvalue weighted by Gasteiger charge is 2.13. The summed E-state index contributed by atoms with van der Waals surface area (Å²) in [4.78, 5) is 3.47. The molecule has 0 bridgehead atoms. The summed E-state index contributed by atoms with van der Waals surface area (Å²) in [6.45, 7) is -0.00728. The van der Waals surface area contributed by atoms with Crippen molar-refractivity contribution in [2.75, 3.05) is 13.4 Å². The van der Waals surface area contributed by atoms with Crippen LogP contribution in [0.4, 0.5) is 0 Å². The van der Waals surface area contributed by atoms with Gasteiger partial charge in [-0.3, -0.25) is 0 Å². The van der Waals surface area contributed by atoms with Crippen LogP contribution < -0.4 is 4.74 Å². The number of rotatable bonds is 7. The van der Waals surface area contributed by atoms with Gasteiger partial charge < -0.3 is 4.74 Å². The molecular weight excluding hydrogens is 336 g/mol. The Morgan fingerprint density at radius 1 is 1.35 bits per heavy atom. The molecule has 1 aromatic heterocycles. The molecule has 0 atom stereocenters. The number of nitrogens with zero attached hydrogens (tertiary/aromatic N) is 4. The molecule has 0 saturated carbocycles. The van der Waals surface area contributed by atoms with Crippen LogP contribution >= 0.6 is 11.8 Å². The van der Waals surface area contributed by atoms with Crippen molar-refractivity contribution in [3.05, 3.63) is 58.2 Å². The van der Waals surface area contributed by atoms with Crippen LogP contribution in [-0.2, 0) is 22.3 Å². The van der Waals surface area contributed by atoms with Crippen molar-refractivity contribution in [1.29, 1.82) is 0 Å². The molecule has 122 valence electrons. The Morgan fingerprint density at radius 2 is 2.04 bits per heavy atom. The number of hydrogen-bond donors (Lipinski definition) is 0. The molecule has 0 amide bonds. The van der Waals surface area contributed by atoms with Gasteiger partial charge in [-0.25, -0.2) is 12.4 Å². The number of aromatic nitrogens is 1. The summed E-state index contributed by atoms with van der Waals surface area (Å²) in [5.74, 6) is 1.48. The van der Waals surface area contributed by atoms with Crippen molar-refractivity contribution in [3.8, 4) is 5.75 Å². The molecule has 1 heterocycles. The number of benzene rings is 1. The predicted octanol–water partition coefficient (Wildman–Crippen LogP) is 3.41. The molecule has 9 heteroatoms. The highest BCUT2D eigenvalue weighted by molar-refractivity contribution is 7.98. The Kier molecular flexibility index (Phi) is 5.59. The molecule has 0 fully saturated rings. The monoisotopic (exact) mass is 352 g/mol. The zero-order chi connectivity index (χ0) is 16.9. The molecule has 0 saturated heterocycles. The van der Waals surface area contributed by atoms with Gasteiger partial charge >= 0.3 is 0 Å². The van der Waals surface area contributed by atoms with Crippen LogP contribution in [-0.4, -0.2) is 25.8 Å². The number of methoxy groups -OCH3 is 1. The summed E-state index contributed by atoms with van der Waals surface area (Å²) in [5, 5.41) is 3.44. The topological polar surface area (TPSA) is 97.1 Å². The average Bonchev–Trinajstić information content (AvgIpc) is 2.95. The molecule has 23 heavy (non-hydrogen) atoms. The third kappa shape index (κ3) is 4.69. The van der Waals surface area contributed by atoms with Crippen LogP contribution in [0.1, 0.15) is 11.3 Å². The van der Waals surface area contributed by atoms with Crippen molar-refractivity contribution < 1.29 is 13.2 Å². The van der Waals surface area contributed by atoms with E-state index in [-0.39, 0.29) is 6.54 Å². The standard InChI is InChI=1S/C14H16N4O3S2/c1-21-13-5-3-11(4-6-13)10-22-14-7-12(8-16-17-15)18(9-14)23(2,19)20/h3-7,9H,8,10H2,1-2H3. The third-order valence-corrected chi connectivity index (χ3v) is 5.14. The molecular formula is C14H16N4O3S2. The van der Waals surface area contributed by atoms with Crippen molar-refractivity contribution in [2.45, 2.75) is 17.2 Å². The van der Waals surface area contributed by atoms with Gasteiger partial charge in [0.1, 0.15) is 5.75 Å². The fraction of sp³-hybridized carbons (Fsp3) is 0.286. The normalized spacial score (nSPS) is 11.0.